The molecule has 0 spiro atoms. The van der Waals surface area contributed by atoms with Crippen LogP contribution in [0.15, 0.2) is 36.5 Å². The summed E-state index contributed by atoms with van der Waals surface area (Å²) in [5.41, 5.74) is 7.75. The van der Waals surface area contributed by atoms with E-state index in [9.17, 15) is 5.11 Å². The van der Waals surface area contributed by atoms with Crippen molar-refractivity contribution in [3.8, 4) is 0 Å². The summed E-state index contributed by atoms with van der Waals surface area (Å²) >= 11 is 0. The molecule has 0 aliphatic carbocycles. The lowest BCUT2D eigenvalue weighted by Crippen LogP contribution is -2.28. The van der Waals surface area contributed by atoms with Crippen molar-refractivity contribution in [2.75, 3.05) is 23.8 Å². The highest BCUT2D eigenvalue weighted by atomic mass is 16.3. The average molecular weight is 258 g/mol. The maximum atomic E-state index is 9.22. The van der Waals surface area contributed by atoms with Crippen LogP contribution < -0.4 is 10.6 Å². The van der Waals surface area contributed by atoms with Crippen LogP contribution in [0.2, 0.25) is 0 Å². The first-order valence-electron chi connectivity index (χ1n) is 6.19. The largest absolute Gasteiger partial charge is 0.395 e. The van der Waals surface area contributed by atoms with E-state index in [0.717, 1.165) is 16.9 Å². The van der Waals surface area contributed by atoms with E-state index in [0.29, 0.717) is 13.1 Å². The first-order valence-corrected chi connectivity index (χ1v) is 6.19. The molecule has 0 saturated carbocycles. The molecule has 100 valence electrons. The first-order chi connectivity index (χ1) is 9.20. The van der Waals surface area contributed by atoms with Crippen molar-refractivity contribution in [2.24, 2.45) is 0 Å². The van der Waals surface area contributed by atoms with E-state index in [2.05, 4.69) is 9.97 Å². The normalized spacial score (nSPS) is 10.4. The Hall–Kier alpha value is -2.14. The Kier molecular flexibility index (Phi) is 4.30. The molecular weight excluding hydrogens is 240 g/mol. The fraction of sp³-hybridized carbons (Fsp3) is 0.286. The third-order valence-corrected chi connectivity index (χ3v) is 2.85. The summed E-state index contributed by atoms with van der Waals surface area (Å²) in [5.74, 6) is 1.02. The van der Waals surface area contributed by atoms with Crippen LogP contribution >= 0.6 is 0 Å². The number of anilines is 2. The topological polar surface area (TPSA) is 75.3 Å². The molecule has 0 fully saturated rings. The maximum Gasteiger partial charge on any atom is 0.221 e. The van der Waals surface area contributed by atoms with E-state index in [1.54, 1.807) is 6.20 Å². The fourth-order valence-corrected chi connectivity index (χ4v) is 1.95. The third-order valence-electron chi connectivity index (χ3n) is 2.85. The van der Waals surface area contributed by atoms with Crippen molar-refractivity contribution in [3.05, 3.63) is 47.7 Å². The summed E-state index contributed by atoms with van der Waals surface area (Å²) in [6.45, 7) is 3.19. The van der Waals surface area contributed by atoms with Crippen LogP contribution in [0.4, 0.5) is 11.8 Å². The number of aryl methyl sites for hydroxylation is 1. The predicted octanol–water partition coefficient (Wildman–Crippen LogP) is 1.37. The second-order valence-corrected chi connectivity index (χ2v) is 4.37. The van der Waals surface area contributed by atoms with Crippen molar-refractivity contribution in [2.45, 2.75) is 13.5 Å². The van der Waals surface area contributed by atoms with Gasteiger partial charge in [-0.1, -0.05) is 30.3 Å². The Morgan fingerprint density at radius 2 is 2.00 bits per heavy atom. The Morgan fingerprint density at radius 1 is 1.26 bits per heavy atom. The van der Waals surface area contributed by atoms with Gasteiger partial charge in [-0.15, -0.1) is 0 Å². The van der Waals surface area contributed by atoms with Crippen LogP contribution in [0.5, 0.6) is 0 Å². The van der Waals surface area contributed by atoms with Gasteiger partial charge in [0.1, 0.15) is 5.82 Å². The molecule has 5 heteroatoms. The predicted molar refractivity (Wildman–Crippen MR) is 75.8 cm³/mol. The molecule has 0 amide bonds. The molecule has 0 aliphatic heterocycles. The minimum Gasteiger partial charge on any atom is -0.395 e. The minimum absolute atomic E-state index is 0.0657. The van der Waals surface area contributed by atoms with Gasteiger partial charge in [-0.3, -0.25) is 0 Å². The summed E-state index contributed by atoms with van der Waals surface area (Å²) in [6, 6.07) is 10.1. The molecule has 1 aromatic heterocycles. The van der Waals surface area contributed by atoms with Crippen molar-refractivity contribution in [3.63, 3.8) is 0 Å². The van der Waals surface area contributed by atoms with Gasteiger partial charge in [0.15, 0.2) is 0 Å². The molecule has 0 saturated heterocycles. The number of benzene rings is 1. The summed E-state index contributed by atoms with van der Waals surface area (Å²) in [6.07, 6.45) is 1.70. The molecule has 2 rings (SSSR count). The average Bonchev–Trinajstić information content (AvgIpc) is 2.42. The highest BCUT2D eigenvalue weighted by Gasteiger charge is 2.12. The molecule has 1 aromatic carbocycles. The monoisotopic (exact) mass is 258 g/mol. The number of nitrogen functional groups attached to an aromatic ring is 1. The molecule has 0 radical (unpaired) electrons. The highest BCUT2D eigenvalue weighted by molar-refractivity contribution is 5.48. The number of aliphatic hydroxyl groups excluding tert-OH is 1. The summed E-state index contributed by atoms with van der Waals surface area (Å²) in [5, 5.41) is 9.22. The SMILES string of the molecule is Cc1cnc(N)nc1N(CCO)Cc1ccccc1. The van der Waals surface area contributed by atoms with Gasteiger partial charge in [-0.05, 0) is 12.5 Å². The molecule has 1 heterocycles. The van der Waals surface area contributed by atoms with E-state index in [-0.39, 0.29) is 12.6 Å². The van der Waals surface area contributed by atoms with Gasteiger partial charge < -0.3 is 15.7 Å². The lowest BCUT2D eigenvalue weighted by Gasteiger charge is -2.24. The van der Waals surface area contributed by atoms with Crippen LogP contribution in [0.1, 0.15) is 11.1 Å². The van der Waals surface area contributed by atoms with E-state index < -0.39 is 0 Å². The zero-order valence-electron chi connectivity index (χ0n) is 11.0. The van der Waals surface area contributed by atoms with Gasteiger partial charge in [0, 0.05) is 24.8 Å². The smallest absolute Gasteiger partial charge is 0.221 e. The molecule has 2 aromatic rings. The molecule has 0 bridgehead atoms. The Balaban J connectivity index is 2.27. The van der Waals surface area contributed by atoms with Gasteiger partial charge in [-0.2, -0.15) is 4.98 Å². The van der Waals surface area contributed by atoms with Gasteiger partial charge in [0.05, 0.1) is 6.61 Å². The van der Waals surface area contributed by atoms with Crippen molar-refractivity contribution in [1.82, 2.24) is 9.97 Å². The summed E-state index contributed by atoms with van der Waals surface area (Å²) < 4.78 is 0. The highest BCUT2D eigenvalue weighted by Crippen LogP contribution is 2.19. The van der Waals surface area contributed by atoms with E-state index >= 15 is 0 Å². The zero-order chi connectivity index (χ0) is 13.7. The second kappa shape index (κ2) is 6.15. The molecule has 19 heavy (non-hydrogen) atoms. The molecule has 3 N–H and O–H groups in total. The quantitative estimate of drug-likeness (QED) is 0.847. The van der Waals surface area contributed by atoms with Crippen molar-refractivity contribution in [1.29, 1.82) is 0 Å². The molecular formula is C14H18N4O. The maximum absolute atomic E-state index is 9.22. The minimum atomic E-state index is 0.0657. The third kappa shape index (κ3) is 3.42. The van der Waals surface area contributed by atoms with Crippen LogP contribution in [-0.2, 0) is 6.54 Å². The Labute approximate surface area is 112 Å². The van der Waals surface area contributed by atoms with Gasteiger partial charge >= 0.3 is 0 Å². The lowest BCUT2D eigenvalue weighted by molar-refractivity contribution is 0.301. The zero-order valence-corrected chi connectivity index (χ0v) is 11.0. The summed E-state index contributed by atoms with van der Waals surface area (Å²) in [4.78, 5) is 10.2. The van der Waals surface area contributed by atoms with Gasteiger partial charge in [-0.25, -0.2) is 4.98 Å². The Morgan fingerprint density at radius 3 is 2.68 bits per heavy atom. The lowest BCUT2D eigenvalue weighted by atomic mass is 10.2. The number of rotatable bonds is 5. The van der Waals surface area contributed by atoms with Crippen LogP contribution in [0.3, 0.4) is 0 Å². The molecule has 0 unspecified atom stereocenters. The number of aliphatic hydroxyl groups is 1. The number of hydrogen-bond donors (Lipinski definition) is 2. The second-order valence-electron chi connectivity index (χ2n) is 4.37. The van der Waals surface area contributed by atoms with Gasteiger partial charge in [0.2, 0.25) is 5.95 Å². The van der Waals surface area contributed by atoms with Crippen LogP contribution in [0, 0.1) is 6.92 Å². The van der Waals surface area contributed by atoms with Crippen LogP contribution in [-0.4, -0.2) is 28.2 Å². The molecule has 0 aliphatic rings. The van der Waals surface area contributed by atoms with E-state index in [1.165, 1.54) is 0 Å². The number of hydrogen-bond acceptors (Lipinski definition) is 5. The van der Waals surface area contributed by atoms with Gasteiger partial charge in [0.25, 0.3) is 0 Å². The summed E-state index contributed by atoms with van der Waals surface area (Å²) in [7, 11) is 0. The van der Waals surface area contributed by atoms with Crippen molar-refractivity contribution >= 4 is 11.8 Å². The first kappa shape index (κ1) is 13.3. The molecule has 5 nitrogen and oxygen atoms in total. The number of nitrogens with two attached hydrogens (primary N) is 1. The van der Waals surface area contributed by atoms with Crippen LogP contribution in [0.25, 0.3) is 0 Å². The fourth-order valence-electron chi connectivity index (χ4n) is 1.95. The van der Waals surface area contributed by atoms with E-state index in [4.69, 9.17) is 5.73 Å². The van der Waals surface area contributed by atoms with Crippen molar-refractivity contribution < 1.29 is 5.11 Å². The Bertz CT molecular complexity index is 530. The standard InChI is InChI=1S/C14H18N4O/c1-11-9-16-14(15)17-13(11)18(7-8-19)10-12-5-3-2-4-6-12/h2-6,9,19H,7-8,10H2,1H3,(H2,15,16,17). The molecule has 0 atom stereocenters. The number of aromatic nitrogens is 2. The van der Waals surface area contributed by atoms with E-state index in [1.807, 2.05) is 42.2 Å². The number of nitrogens with zero attached hydrogens (tertiary/aromatic N) is 3.